The summed E-state index contributed by atoms with van der Waals surface area (Å²) in [6.45, 7) is 6.79. The van der Waals surface area contributed by atoms with E-state index >= 15 is 0 Å². The average Bonchev–Trinajstić information content (AvgIpc) is 3.71. The molecule has 2 aliphatic rings. The molecule has 3 heterocycles. The zero-order valence-electron chi connectivity index (χ0n) is 24.0. The Morgan fingerprint density at radius 2 is 1.39 bits per heavy atom. The van der Waals surface area contributed by atoms with Crippen LogP contribution in [0.2, 0.25) is 5.15 Å². The lowest BCUT2D eigenvalue weighted by atomic mass is 10.0. The summed E-state index contributed by atoms with van der Waals surface area (Å²) < 4.78 is 0. The number of pyridine rings is 1. The van der Waals surface area contributed by atoms with Gasteiger partial charge in [-0.25, -0.2) is 4.98 Å². The Labute approximate surface area is 252 Å². The van der Waals surface area contributed by atoms with Crippen LogP contribution in [-0.4, -0.2) is 79.0 Å². The van der Waals surface area contributed by atoms with E-state index in [9.17, 15) is 4.79 Å². The van der Waals surface area contributed by atoms with Crippen molar-refractivity contribution >= 4 is 17.5 Å². The van der Waals surface area contributed by atoms with Gasteiger partial charge in [0.05, 0.1) is 12.5 Å². The number of benzene rings is 2. The van der Waals surface area contributed by atoms with Gasteiger partial charge in [-0.3, -0.25) is 4.79 Å². The molecular weight excluding hydrogens is 530 g/mol. The van der Waals surface area contributed by atoms with Gasteiger partial charge in [0, 0.05) is 32.4 Å². The highest BCUT2D eigenvalue weighted by molar-refractivity contribution is 6.29. The molecular formula is C34H48ClN5O. The molecule has 7 heteroatoms. The highest BCUT2D eigenvalue weighted by Crippen LogP contribution is 2.24. The van der Waals surface area contributed by atoms with Crippen molar-refractivity contribution in [2.45, 2.75) is 51.6 Å². The van der Waals surface area contributed by atoms with Crippen molar-refractivity contribution < 1.29 is 4.79 Å². The molecule has 1 N–H and O–H groups in total. The summed E-state index contributed by atoms with van der Waals surface area (Å²) in [5.41, 5.74) is 3.46. The first-order valence-electron chi connectivity index (χ1n) is 14.6. The maximum Gasteiger partial charge on any atom is 0.227 e. The second kappa shape index (κ2) is 17.2. The number of amides is 1. The summed E-state index contributed by atoms with van der Waals surface area (Å²) in [6.07, 6.45) is 7.23. The van der Waals surface area contributed by atoms with Crippen LogP contribution in [0.4, 0.5) is 0 Å². The Bertz CT molecular complexity index is 1130. The zero-order valence-corrected chi connectivity index (χ0v) is 24.8. The van der Waals surface area contributed by atoms with Gasteiger partial charge in [0.25, 0.3) is 0 Å². The molecule has 0 bridgehead atoms. The number of likely N-dealkylation sites (tertiary alicyclic amines) is 2. The molecule has 2 saturated heterocycles. The van der Waals surface area contributed by atoms with Gasteiger partial charge in [-0.1, -0.05) is 85.8 Å². The van der Waals surface area contributed by atoms with Crippen LogP contribution in [0.1, 0.15) is 61.9 Å². The number of carbonyl (C=O) groups is 1. The summed E-state index contributed by atoms with van der Waals surface area (Å²) in [7, 11) is 3.95. The van der Waals surface area contributed by atoms with Gasteiger partial charge in [0.1, 0.15) is 5.15 Å². The molecule has 0 unspecified atom stereocenters. The highest BCUT2D eigenvalue weighted by Gasteiger charge is 2.25. The lowest BCUT2D eigenvalue weighted by molar-refractivity contribution is -0.131. The first-order chi connectivity index (χ1) is 19.5. The Balaban J connectivity index is 0.000000248. The van der Waals surface area contributed by atoms with Gasteiger partial charge in [-0.15, -0.1) is 0 Å². The van der Waals surface area contributed by atoms with Crippen LogP contribution in [0.15, 0.2) is 79.0 Å². The first kappa shape index (κ1) is 32.7. The lowest BCUT2D eigenvalue weighted by Crippen LogP contribution is -2.39. The fourth-order valence-electron chi connectivity index (χ4n) is 5.59. The summed E-state index contributed by atoms with van der Waals surface area (Å²) >= 11 is 5.82. The van der Waals surface area contributed by atoms with Crippen LogP contribution in [0.25, 0.3) is 0 Å². The summed E-state index contributed by atoms with van der Waals surface area (Å²) in [5.74, 6) is 0.0946. The van der Waals surface area contributed by atoms with Crippen molar-refractivity contribution in [2.75, 3.05) is 53.4 Å². The fraction of sp³-hybridized carbons (Fsp3) is 0.471. The van der Waals surface area contributed by atoms with E-state index in [1.807, 2.05) is 43.3 Å². The van der Waals surface area contributed by atoms with Gasteiger partial charge in [-0.05, 0) is 81.7 Å². The molecule has 41 heavy (non-hydrogen) atoms. The van der Waals surface area contributed by atoms with Crippen molar-refractivity contribution in [3.8, 4) is 0 Å². The van der Waals surface area contributed by atoms with Crippen molar-refractivity contribution in [2.24, 2.45) is 0 Å². The quantitative estimate of drug-likeness (QED) is 0.289. The molecule has 3 aromatic rings. The van der Waals surface area contributed by atoms with Crippen molar-refractivity contribution in [1.29, 1.82) is 0 Å². The number of carbonyl (C=O) groups excluding carboxylic acids is 1. The lowest BCUT2D eigenvalue weighted by Gasteiger charge is -2.32. The number of halogens is 1. The zero-order chi connectivity index (χ0) is 28.2. The SMILES string of the molecule is C.CN(C(=O)Cc1ccc(Cl)nc1)[C@H](CN1CCCC1)c1ccccc1.CN[C@H](CN1CCCC1)c1ccccc1. The number of hydrogen-bond donors (Lipinski definition) is 1. The summed E-state index contributed by atoms with van der Waals surface area (Å²) in [5, 5.41) is 3.85. The molecule has 0 radical (unpaired) electrons. The van der Waals surface area contributed by atoms with E-state index in [1.54, 1.807) is 12.3 Å². The molecule has 5 rings (SSSR count). The largest absolute Gasteiger partial charge is 0.337 e. The third kappa shape index (κ3) is 10.2. The summed E-state index contributed by atoms with van der Waals surface area (Å²) in [4.78, 5) is 23.8. The highest BCUT2D eigenvalue weighted by atomic mass is 35.5. The molecule has 2 aromatic carbocycles. The average molecular weight is 578 g/mol. The van der Waals surface area contributed by atoms with Crippen LogP contribution in [0.3, 0.4) is 0 Å². The van der Waals surface area contributed by atoms with E-state index in [-0.39, 0.29) is 19.4 Å². The number of aromatic nitrogens is 1. The van der Waals surface area contributed by atoms with E-state index in [1.165, 1.54) is 49.9 Å². The molecule has 2 atom stereocenters. The van der Waals surface area contributed by atoms with Crippen molar-refractivity contribution in [1.82, 2.24) is 25.0 Å². The van der Waals surface area contributed by atoms with E-state index < -0.39 is 0 Å². The second-order valence-electron chi connectivity index (χ2n) is 10.9. The Hall–Kier alpha value is -2.77. The molecule has 6 nitrogen and oxygen atoms in total. The number of nitrogens with one attached hydrogen (secondary N) is 1. The molecule has 2 fully saturated rings. The maximum atomic E-state index is 12.8. The fourth-order valence-corrected chi connectivity index (χ4v) is 5.70. The van der Waals surface area contributed by atoms with Gasteiger partial charge in [0.2, 0.25) is 5.91 Å². The molecule has 2 aliphatic heterocycles. The predicted molar refractivity (Wildman–Crippen MR) is 171 cm³/mol. The smallest absolute Gasteiger partial charge is 0.227 e. The van der Waals surface area contributed by atoms with Gasteiger partial charge in [-0.2, -0.15) is 0 Å². The van der Waals surface area contributed by atoms with E-state index in [0.717, 1.165) is 31.7 Å². The van der Waals surface area contributed by atoms with Crippen LogP contribution < -0.4 is 5.32 Å². The third-order valence-corrected chi connectivity index (χ3v) is 8.23. The number of likely N-dealkylation sites (N-methyl/N-ethyl adjacent to an activating group) is 2. The Kier molecular flexibility index (Phi) is 13.8. The second-order valence-corrected chi connectivity index (χ2v) is 11.3. The van der Waals surface area contributed by atoms with Crippen LogP contribution in [0, 0.1) is 0 Å². The molecule has 222 valence electrons. The van der Waals surface area contributed by atoms with Crippen molar-refractivity contribution in [3.63, 3.8) is 0 Å². The molecule has 1 aromatic heterocycles. The van der Waals surface area contributed by atoms with Crippen molar-refractivity contribution in [3.05, 3.63) is 101 Å². The maximum absolute atomic E-state index is 12.8. The molecule has 0 saturated carbocycles. The van der Waals surface area contributed by atoms with Crippen LogP contribution in [-0.2, 0) is 11.2 Å². The van der Waals surface area contributed by atoms with Crippen LogP contribution >= 0.6 is 11.6 Å². The first-order valence-corrected chi connectivity index (χ1v) is 15.0. The van der Waals surface area contributed by atoms with Gasteiger partial charge in [0.15, 0.2) is 0 Å². The molecule has 1 amide bonds. The van der Waals surface area contributed by atoms with E-state index in [2.05, 4.69) is 62.6 Å². The van der Waals surface area contributed by atoms with Gasteiger partial charge >= 0.3 is 0 Å². The minimum atomic E-state index is 0. The monoisotopic (exact) mass is 577 g/mol. The Morgan fingerprint density at radius 1 is 0.854 bits per heavy atom. The predicted octanol–water partition coefficient (Wildman–Crippen LogP) is 6.25. The Morgan fingerprint density at radius 3 is 1.90 bits per heavy atom. The van der Waals surface area contributed by atoms with Crippen LogP contribution in [0.5, 0.6) is 0 Å². The topological polar surface area (TPSA) is 51.7 Å². The normalized spacial score (nSPS) is 16.8. The number of hydrogen-bond acceptors (Lipinski definition) is 5. The molecule has 0 aliphatic carbocycles. The van der Waals surface area contributed by atoms with E-state index in [4.69, 9.17) is 11.6 Å². The molecule has 0 spiro atoms. The van der Waals surface area contributed by atoms with Gasteiger partial charge < -0.3 is 20.0 Å². The summed E-state index contributed by atoms with van der Waals surface area (Å²) in [6, 6.07) is 25.1. The standard InChI is InChI=1S/C20H24ClN3O.C13H20N2.CH4/c1-23(20(25)13-16-9-10-19(21)22-14-16)18(15-24-11-5-6-12-24)17-7-3-2-4-8-17;1-14-13(11-15-9-5-6-10-15)12-7-3-2-4-8-12;/h2-4,7-10,14,18H,5-6,11-13,15H2,1H3;2-4,7-8,13-14H,5-6,9-11H2,1H3;1H4/t18-;13-;/m11./s1. The number of rotatable bonds is 10. The minimum absolute atomic E-state index is 0. The minimum Gasteiger partial charge on any atom is -0.337 e. The number of nitrogens with zero attached hydrogens (tertiary/aromatic N) is 4. The third-order valence-electron chi connectivity index (χ3n) is 8.01. The van der Waals surface area contributed by atoms with E-state index in [0.29, 0.717) is 17.6 Å².